The Labute approximate surface area is 519 Å². The molecule has 3 aromatic heterocycles. The Morgan fingerprint density at radius 1 is 0.446 bits per heavy atom. The van der Waals surface area contributed by atoms with Crippen molar-refractivity contribution in [2.75, 3.05) is 111 Å². The lowest BCUT2D eigenvalue weighted by molar-refractivity contribution is -0.672. The monoisotopic (exact) mass is 1310 g/mol. The first-order chi connectivity index (χ1) is 39.6. The van der Waals surface area contributed by atoms with Crippen LogP contribution in [0.2, 0.25) is 0 Å². The average molecular weight is 1310 g/mol. The predicted octanol–water partition coefficient (Wildman–Crippen LogP) is 10.8. The van der Waals surface area contributed by atoms with Gasteiger partial charge in [0.25, 0.3) is 10.0 Å². The zero-order valence-electron chi connectivity index (χ0n) is 48.3. The molecule has 26 heteroatoms. The van der Waals surface area contributed by atoms with Gasteiger partial charge in [0.05, 0.1) is 30.4 Å². The molecule has 0 aliphatic carbocycles. The first-order valence-electron chi connectivity index (χ1n) is 25.4. The molecule has 0 spiro atoms. The second-order valence-corrected chi connectivity index (χ2v) is 28.4. The van der Waals surface area contributed by atoms with Crippen LogP contribution in [0.25, 0.3) is 24.3 Å². The van der Waals surface area contributed by atoms with Crippen LogP contribution < -0.4 is 33.3 Å². The maximum atomic E-state index is 10.7. The standard InChI is InChI=1S/C30H36N4S4.C20H24N2O2S2.C5H8NS.2CH4O4S/c1-31(27-11-5-25(6-12-27)9-15-29-33(3)17-21-35-29)19-23-37-38-24-20-32(2)28-13-7-26(8-14-28)10-16-30-34(4)18-22-36-30;1-21(19-7-3-17(15-23)4-8-19)11-13-25-26-14-12-22(2)20-9-5-18(16-24)6-10-20;1-5-6(2)3-4-7-5;2*1-5-6(2,3)4/h5-18,21-22H,19-20,23-24H2,1-4H3;3-10,15-16H,11-14H2,1-2H3;3-4H,1-2H3;2*1H3,(H,2,3,4)/q+2;;+1;;. The molecule has 450 valence electrons. The highest BCUT2D eigenvalue weighted by Crippen LogP contribution is 2.25. The van der Waals surface area contributed by atoms with Crippen LogP contribution in [-0.2, 0) is 50.3 Å². The molecule has 0 unspecified atom stereocenters. The second-order valence-electron chi connectivity index (χ2n) is 17.7. The highest BCUT2D eigenvalue weighted by molar-refractivity contribution is 8.77. The molecule has 0 fully saturated rings. The number of nitrogens with zero attached hydrogens (tertiary/aromatic N) is 7. The maximum absolute atomic E-state index is 10.7. The van der Waals surface area contributed by atoms with Gasteiger partial charge in [-0.1, -0.05) is 101 Å². The van der Waals surface area contributed by atoms with Crippen LogP contribution in [0.15, 0.2) is 132 Å². The van der Waals surface area contributed by atoms with Crippen molar-refractivity contribution in [3.05, 3.63) is 169 Å². The first kappa shape index (κ1) is 72.2. The Morgan fingerprint density at radius 3 is 0.892 bits per heavy atom. The van der Waals surface area contributed by atoms with Gasteiger partial charge in [0.15, 0.2) is 18.6 Å². The van der Waals surface area contributed by atoms with E-state index >= 15 is 0 Å². The van der Waals surface area contributed by atoms with E-state index in [0.29, 0.717) is 11.1 Å². The van der Waals surface area contributed by atoms with E-state index in [2.05, 4.69) is 198 Å². The van der Waals surface area contributed by atoms with Crippen LogP contribution in [0, 0.1) is 6.92 Å². The number of rotatable bonds is 26. The van der Waals surface area contributed by atoms with Crippen LogP contribution in [0.4, 0.5) is 22.7 Å². The van der Waals surface area contributed by atoms with Crippen LogP contribution in [0.3, 0.4) is 0 Å². The third-order valence-electron chi connectivity index (χ3n) is 11.7. The fourth-order valence-corrected chi connectivity index (χ4v) is 12.9. The molecule has 4 aromatic carbocycles. The molecule has 0 bridgehead atoms. The fourth-order valence-electron chi connectivity index (χ4n) is 6.50. The van der Waals surface area contributed by atoms with Gasteiger partial charge in [0, 0.05) is 130 Å². The summed E-state index contributed by atoms with van der Waals surface area (Å²) in [5, 5.41) is 10.1. The number of carbonyl (C=O) groups excluding carboxylic acids is 2. The van der Waals surface area contributed by atoms with Gasteiger partial charge in [-0.2, -0.15) is 30.5 Å². The van der Waals surface area contributed by atoms with Crippen molar-refractivity contribution in [3.8, 4) is 0 Å². The third kappa shape index (κ3) is 30.5. The Bertz CT molecular complexity index is 3020. The summed E-state index contributed by atoms with van der Waals surface area (Å²) in [6, 6.07) is 32.9. The maximum Gasteiger partial charge on any atom is 0.397 e. The highest BCUT2D eigenvalue weighted by atomic mass is 33.1. The molecular weight excluding hydrogens is 1230 g/mol. The zero-order valence-corrected chi connectivity index (χ0v) is 55.6. The van der Waals surface area contributed by atoms with Crippen LogP contribution >= 0.6 is 77.2 Å². The Morgan fingerprint density at radius 2 is 0.699 bits per heavy atom. The van der Waals surface area contributed by atoms with E-state index in [1.54, 1.807) is 34.0 Å². The molecule has 83 heavy (non-hydrogen) atoms. The number of aryl methyl sites for hydroxylation is 4. The normalized spacial score (nSPS) is 11.0. The number of aromatic nitrogens is 3. The van der Waals surface area contributed by atoms with Crippen molar-refractivity contribution in [1.82, 2.24) is 0 Å². The van der Waals surface area contributed by atoms with Crippen LogP contribution in [-0.4, -0.2) is 130 Å². The summed E-state index contributed by atoms with van der Waals surface area (Å²) in [6.07, 6.45) is 16.7. The Balaban J connectivity index is 0.000000341. The molecule has 0 saturated carbocycles. The molecule has 0 amide bonds. The van der Waals surface area contributed by atoms with Gasteiger partial charge in [-0.15, -0.1) is 0 Å². The number of hydrogen-bond donors (Lipinski definition) is 2. The van der Waals surface area contributed by atoms with Crippen molar-refractivity contribution in [2.45, 2.75) is 6.92 Å². The first-order valence-corrected chi connectivity index (χ1v) is 35.7. The number of benzene rings is 4. The second kappa shape index (κ2) is 39.5. The zero-order chi connectivity index (χ0) is 61.2. The van der Waals surface area contributed by atoms with Gasteiger partial charge in [0.1, 0.15) is 33.7 Å². The van der Waals surface area contributed by atoms with E-state index in [0.717, 1.165) is 87.4 Å². The van der Waals surface area contributed by atoms with Gasteiger partial charge in [-0.3, -0.25) is 27.1 Å². The van der Waals surface area contributed by atoms with Crippen molar-refractivity contribution in [2.24, 2.45) is 21.1 Å². The summed E-state index contributed by atoms with van der Waals surface area (Å²) in [5.74, 6) is 4.28. The number of carbonyl (C=O) groups is 2. The van der Waals surface area contributed by atoms with Gasteiger partial charge in [-0.25, -0.2) is 0 Å². The van der Waals surface area contributed by atoms with E-state index in [-0.39, 0.29) is 0 Å². The lowest BCUT2D eigenvalue weighted by Gasteiger charge is -2.20. The molecule has 7 aromatic rings. The van der Waals surface area contributed by atoms with E-state index < -0.39 is 20.8 Å². The third-order valence-corrected chi connectivity index (χ3v) is 20.0. The molecule has 3 heterocycles. The minimum atomic E-state index is -4.16. The van der Waals surface area contributed by atoms with E-state index in [1.165, 1.54) is 37.5 Å². The molecule has 0 radical (unpaired) electrons. The van der Waals surface area contributed by atoms with E-state index in [9.17, 15) is 26.4 Å². The SMILES string of the molecule is CN(CCSSCCN(C)c1ccc(/C=C/c2scc[n+]2C)cc1)c1ccc(/C=C/c2scc[n+]2C)cc1.CN(CCSSCCN(C)c1ccc(C=O)cc1)c1ccc(C=O)cc1.COS(=O)(=O)O.COS(=O)(=O)O.Cc1scc[n+]1C. The largest absolute Gasteiger partial charge is 0.397 e. The van der Waals surface area contributed by atoms with Crippen molar-refractivity contribution >= 4 is 158 Å². The smallest absolute Gasteiger partial charge is 0.374 e. The van der Waals surface area contributed by atoms with Gasteiger partial charge in [-0.05, 0) is 96.1 Å². The van der Waals surface area contributed by atoms with E-state index in [4.69, 9.17) is 9.11 Å². The summed E-state index contributed by atoms with van der Waals surface area (Å²) in [6.45, 7) is 6.09. The molecule has 0 aliphatic heterocycles. The topological polar surface area (TPSA) is 186 Å². The summed E-state index contributed by atoms with van der Waals surface area (Å²) < 4.78 is 65.8. The van der Waals surface area contributed by atoms with E-state index in [1.807, 2.05) is 98.8 Å². The van der Waals surface area contributed by atoms with Crippen molar-refractivity contribution in [3.63, 3.8) is 0 Å². The van der Waals surface area contributed by atoms with Gasteiger partial charge >= 0.3 is 20.8 Å². The van der Waals surface area contributed by atoms with Gasteiger partial charge in [0.2, 0.25) is 5.01 Å². The molecule has 0 atom stereocenters. The number of anilines is 4. The summed E-state index contributed by atoms with van der Waals surface area (Å²) in [7, 11) is 15.8. The van der Waals surface area contributed by atoms with Crippen LogP contribution in [0.5, 0.6) is 0 Å². The molecule has 7 rings (SSSR count). The molecule has 17 nitrogen and oxygen atoms in total. The average Bonchev–Trinajstić information content (AvgIpc) is 4.24. The quantitative estimate of drug-likeness (QED) is 0.0171. The predicted molar refractivity (Wildman–Crippen MR) is 356 cm³/mol. The lowest BCUT2D eigenvalue weighted by Crippen LogP contribution is -2.26. The number of hydrogen-bond acceptors (Lipinski definition) is 19. The fraction of sp³-hybridized carbons (Fsp3) is 0.316. The number of thiazole rings is 3. The number of aldehydes is 2. The summed E-state index contributed by atoms with van der Waals surface area (Å²) >= 11 is 5.27. The molecular formula is C57H76N7O10S9+3. The summed E-state index contributed by atoms with van der Waals surface area (Å²) in [4.78, 5) is 30.4. The minimum Gasteiger partial charge on any atom is -0.374 e. The van der Waals surface area contributed by atoms with Crippen molar-refractivity contribution < 1.29 is 57.6 Å². The lowest BCUT2D eigenvalue weighted by atomic mass is 10.2. The van der Waals surface area contributed by atoms with Crippen LogP contribution in [0.1, 0.15) is 46.9 Å². The highest BCUT2D eigenvalue weighted by Gasteiger charge is 2.08. The molecule has 0 aliphatic rings. The Hall–Kier alpha value is -5.07. The molecule has 0 saturated heterocycles. The Kier molecular flexibility index (Phi) is 34.4. The summed E-state index contributed by atoms with van der Waals surface area (Å²) in [5.41, 5.74) is 8.63. The molecule has 2 N–H and O–H groups in total. The van der Waals surface area contributed by atoms with Gasteiger partial charge < -0.3 is 19.6 Å². The minimum absolute atomic E-state index is 0.706. The van der Waals surface area contributed by atoms with Crippen molar-refractivity contribution in [1.29, 1.82) is 0 Å².